The van der Waals surface area contributed by atoms with Crippen LogP contribution in [0.25, 0.3) is 22.9 Å². The molecule has 6 nitrogen and oxygen atoms in total. The number of hydrogen-bond acceptors (Lipinski definition) is 5. The highest BCUT2D eigenvalue weighted by Crippen LogP contribution is 2.27. The zero-order valence-electron chi connectivity index (χ0n) is 14.8. The molecule has 1 saturated carbocycles. The summed E-state index contributed by atoms with van der Waals surface area (Å²) in [5.41, 5.74) is 1.70. The van der Waals surface area contributed by atoms with Gasteiger partial charge >= 0.3 is 5.97 Å². The van der Waals surface area contributed by atoms with E-state index in [9.17, 15) is 4.79 Å². The van der Waals surface area contributed by atoms with Crippen LogP contribution in [0.5, 0.6) is 5.75 Å². The Labute approximate surface area is 156 Å². The van der Waals surface area contributed by atoms with Gasteiger partial charge in [0.1, 0.15) is 5.75 Å². The van der Waals surface area contributed by atoms with Crippen LogP contribution in [0.15, 0.2) is 52.9 Å². The predicted octanol–water partition coefficient (Wildman–Crippen LogP) is 4.81. The summed E-state index contributed by atoms with van der Waals surface area (Å²) < 4.78 is 11.8. The molecule has 4 rings (SSSR count). The number of benzene rings is 2. The Hall–Kier alpha value is -3.15. The number of aromatic carboxylic acids is 1. The molecule has 1 heterocycles. The van der Waals surface area contributed by atoms with Gasteiger partial charge in [0.25, 0.3) is 0 Å². The van der Waals surface area contributed by atoms with Crippen molar-refractivity contribution in [3.05, 3.63) is 54.1 Å². The van der Waals surface area contributed by atoms with Gasteiger partial charge in [-0.15, -0.1) is 10.2 Å². The SMILES string of the molecule is O=C(O)c1ccc(-c2nnc(-c3ccc(OC4CCCCC4)cc3)o2)cc1. The van der Waals surface area contributed by atoms with E-state index in [2.05, 4.69) is 10.2 Å². The van der Waals surface area contributed by atoms with E-state index >= 15 is 0 Å². The summed E-state index contributed by atoms with van der Waals surface area (Å²) in [4.78, 5) is 10.9. The van der Waals surface area contributed by atoms with Crippen LogP contribution >= 0.6 is 0 Å². The fourth-order valence-electron chi connectivity index (χ4n) is 3.26. The highest BCUT2D eigenvalue weighted by molar-refractivity contribution is 5.88. The summed E-state index contributed by atoms with van der Waals surface area (Å²) in [6.45, 7) is 0. The summed E-state index contributed by atoms with van der Waals surface area (Å²) in [5, 5.41) is 17.1. The zero-order valence-corrected chi connectivity index (χ0v) is 14.8. The Morgan fingerprint density at radius 1 is 0.889 bits per heavy atom. The first-order chi connectivity index (χ1) is 13.2. The number of carboxylic acids is 1. The quantitative estimate of drug-likeness (QED) is 0.699. The molecule has 1 aromatic heterocycles. The molecule has 0 saturated heterocycles. The van der Waals surface area contributed by atoms with E-state index in [-0.39, 0.29) is 5.56 Å². The first-order valence-electron chi connectivity index (χ1n) is 9.13. The average molecular weight is 364 g/mol. The van der Waals surface area contributed by atoms with E-state index in [0.717, 1.165) is 24.2 Å². The van der Waals surface area contributed by atoms with Crippen LogP contribution < -0.4 is 4.74 Å². The lowest BCUT2D eigenvalue weighted by Gasteiger charge is -2.22. The fraction of sp³-hybridized carbons (Fsp3) is 0.286. The van der Waals surface area contributed by atoms with Gasteiger partial charge in [0.2, 0.25) is 11.8 Å². The number of carboxylic acid groups (broad SMARTS) is 1. The fourth-order valence-corrected chi connectivity index (χ4v) is 3.26. The van der Waals surface area contributed by atoms with Crippen LogP contribution in [0.2, 0.25) is 0 Å². The third kappa shape index (κ3) is 4.00. The van der Waals surface area contributed by atoms with Crippen LogP contribution in [0.1, 0.15) is 42.5 Å². The Kier molecular flexibility index (Phi) is 4.87. The maximum atomic E-state index is 10.9. The lowest BCUT2D eigenvalue weighted by molar-refractivity contribution is 0.0697. The normalized spacial score (nSPS) is 14.8. The van der Waals surface area contributed by atoms with E-state index < -0.39 is 5.97 Å². The van der Waals surface area contributed by atoms with Crippen LogP contribution in [0, 0.1) is 0 Å². The highest BCUT2D eigenvalue weighted by atomic mass is 16.5. The van der Waals surface area contributed by atoms with Gasteiger partial charge in [-0.05, 0) is 74.2 Å². The summed E-state index contributed by atoms with van der Waals surface area (Å²) >= 11 is 0. The summed E-state index contributed by atoms with van der Waals surface area (Å²) in [6, 6.07) is 14.0. The second kappa shape index (κ2) is 7.61. The van der Waals surface area contributed by atoms with Gasteiger partial charge < -0.3 is 14.3 Å². The summed E-state index contributed by atoms with van der Waals surface area (Å²) in [7, 11) is 0. The third-order valence-electron chi connectivity index (χ3n) is 4.76. The second-order valence-corrected chi connectivity index (χ2v) is 6.70. The molecule has 0 atom stereocenters. The van der Waals surface area contributed by atoms with Gasteiger partial charge in [-0.3, -0.25) is 0 Å². The lowest BCUT2D eigenvalue weighted by atomic mass is 9.98. The maximum absolute atomic E-state index is 10.9. The lowest BCUT2D eigenvalue weighted by Crippen LogP contribution is -2.19. The van der Waals surface area contributed by atoms with Crippen LogP contribution in [-0.2, 0) is 0 Å². The molecule has 0 radical (unpaired) electrons. The number of nitrogens with zero attached hydrogens (tertiary/aromatic N) is 2. The number of hydrogen-bond donors (Lipinski definition) is 1. The smallest absolute Gasteiger partial charge is 0.335 e. The van der Waals surface area contributed by atoms with Crippen molar-refractivity contribution < 1.29 is 19.1 Å². The average Bonchev–Trinajstić information content (AvgIpc) is 3.20. The van der Waals surface area contributed by atoms with Gasteiger partial charge in [-0.1, -0.05) is 6.42 Å². The number of aromatic nitrogens is 2. The molecule has 27 heavy (non-hydrogen) atoms. The molecule has 6 heteroatoms. The van der Waals surface area contributed by atoms with Crippen molar-refractivity contribution in [2.24, 2.45) is 0 Å². The first kappa shape index (κ1) is 17.3. The number of ether oxygens (including phenoxy) is 1. The van der Waals surface area contributed by atoms with Gasteiger partial charge in [-0.2, -0.15) is 0 Å². The van der Waals surface area contributed by atoms with Crippen molar-refractivity contribution in [1.29, 1.82) is 0 Å². The monoisotopic (exact) mass is 364 g/mol. The maximum Gasteiger partial charge on any atom is 0.335 e. The van der Waals surface area contributed by atoms with Gasteiger partial charge in [0.15, 0.2) is 0 Å². The minimum Gasteiger partial charge on any atom is -0.490 e. The molecule has 138 valence electrons. The topological polar surface area (TPSA) is 85.5 Å². The molecule has 0 unspecified atom stereocenters. The van der Waals surface area contributed by atoms with Crippen molar-refractivity contribution >= 4 is 5.97 Å². The van der Waals surface area contributed by atoms with Crippen molar-refractivity contribution in [3.8, 4) is 28.7 Å². The van der Waals surface area contributed by atoms with Crippen molar-refractivity contribution in [1.82, 2.24) is 10.2 Å². The van der Waals surface area contributed by atoms with Crippen molar-refractivity contribution in [2.75, 3.05) is 0 Å². The predicted molar refractivity (Wildman–Crippen MR) is 99.6 cm³/mol. The largest absolute Gasteiger partial charge is 0.490 e. The first-order valence-corrected chi connectivity index (χ1v) is 9.13. The molecule has 0 spiro atoms. The molecular formula is C21H20N2O4. The molecule has 1 aliphatic carbocycles. The second-order valence-electron chi connectivity index (χ2n) is 6.70. The molecule has 1 N–H and O–H groups in total. The number of carbonyl (C=O) groups is 1. The van der Waals surface area contributed by atoms with E-state index in [1.165, 1.54) is 31.4 Å². The molecule has 0 aliphatic heterocycles. The van der Waals surface area contributed by atoms with Crippen molar-refractivity contribution in [2.45, 2.75) is 38.2 Å². The van der Waals surface area contributed by atoms with Crippen LogP contribution in [0.4, 0.5) is 0 Å². The Morgan fingerprint density at radius 3 is 2.00 bits per heavy atom. The molecule has 0 amide bonds. The van der Waals surface area contributed by atoms with Crippen LogP contribution in [-0.4, -0.2) is 27.4 Å². The van der Waals surface area contributed by atoms with E-state index in [0.29, 0.717) is 23.4 Å². The minimum atomic E-state index is -0.969. The Morgan fingerprint density at radius 2 is 1.44 bits per heavy atom. The van der Waals surface area contributed by atoms with Gasteiger partial charge in [-0.25, -0.2) is 4.79 Å². The zero-order chi connectivity index (χ0) is 18.6. The molecular weight excluding hydrogens is 344 g/mol. The Bertz CT molecular complexity index is 910. The summed E-state index contributed by atoms with van der Waals surface area (Å²) in [6.07, 6.45) is 6.33. The standard InChI is InChI=1S/C21H20N2O4/c24-21(25)16-8-6-14(7-9-16)19-22-23-20(27-19)15-10-12-18(13-11-15)26-17-4-2-1-3-5-17/h6-13,17H,1-5H2,(H,24,25). The van der Waals surface area contributed by atoms with Gasteiger partial charge in [0, 0.05) is 11.1 Å². The van der Waals surface area contributed by atoms with E-state index in [1.54, 1.807) is 12.1 Å². The Balaban J connectivity index is 1.46. The number of rotatable bonds is 5. The highest BCUT2D eigenvalue weighted by Gasteiger charge is 2.15. The van der Waals surface area contributed by atoms with Crippen LogP contribution in [0.3, 0.4) is 0 Å². The van der Waals surface area contributed by atoms with Crippen molar-refractivity contribution in [3.63, 3.8) is 0 Å². The van der Waals surface area contributed by atoms with E-state index in [4.69, 9.17) is 14.3 Å². The van der Waals surface area contributed by atoms with E-state index in [1.807, 2.05) is 24.3 Å². The molecule has 2 aromatic carbocycles. The molecule has 1 aliphatic rings. The molecule has 1 fully saturated rings. The van der Waals surface area contributed by atoms with Gasteiger partial charge in [0.05, 0.1) is 11.7 Å². The molecule has 0 bridgehead atoms. The third-order valence-corrected chi connectivity index (χ3v) is 4.76. The summed E-state index contributed by atoms with van der Waals surface area (Å²) in [5.74, 6) is 0.652. The molecule has 3 aromatic rings. The minimum absolute atomic E-state index is 0.215.